The molecular weight excluding hydrogens is 363 g/mol. The molecule has 0 aromatic heterocycles. The Balaban J connectivity index is 0. The average Bonchev–Trinajstić information content (AvgIpc) is 2.46. The van der Waals surface area contributed by atoms with Gasteiger partial charge < -0.3 is 20.8 Å². The number of rotatable bonds is 12. The number of carboxylic acids is 1. The second-order valence-electron chi connectivity index (χ2n) is 5.31. The fourth-order valence-corrected chi connectivity index (χ4v) is 2.71. The predicted octanol–water partition coefficient (Wildman–Crippen LogP) is -0.149. The summed E-state index contributed by atoms with van der Waals surface area (Å²) in [5, 5.41) is 22.9. The number of carbonyl (C=O) groups is 3. The maximum atomic E-state index is 11.8. The molecular formula is C14H26N2NaO5S2. The van der Waals surface area contributed by atoms with Crippen LogP contribution in [0.3, 0.4) is 0 Å². The molecule has 0 aromatic carbocycles. The van der Waals surface area contributed by atoms with Gasteiger partial charge in [0.05, 0.1) is 6.10 Å². The summed E-state index contributed by atoms with van der Waals surface area (Å²) in [5.74, 6) is -1.50. The third-order valence-corrected chi connectivity index (χ3v) is 3.92. The molecule has 4 N–H and O–H groups in total. The molecule has 7 nitrogen and oxygen atoms in total. The van der Waals surface area contributed by atoms with Gasteiger partial charge in [0.1, 0.15) is 12.6 Å². The molecule has 0 bridgehead atoms. The minimum absolute atomic E-state index is 0. The molecule has 0 aliphatic heterocycles. The van der Waals surface area contributed by atoms with Gasteiger partial charge in [-0.1, -0.05) is 6.42 Å². The van der Waals surface area contributed by atoms with E-state index in [0.717, 1.165) is 25.0 Å². The van der Waals surface area contributed by atoms with Crippen LogP contribution in [-0.2, 0) is 14.4 Å². The van der Waals surface area contributed by atoms with E-state index >= 15 is 0 Å². The first kappa shape index (κ1) is 26.3. The van der Waals surface area contributed by atoms with Crippen molar-refractivity contribution in [2.75, 3.05) is 12.3 Å². The first-order valence-corrected chi connectivity index (χ1v) is 8.68. The summed E-state index contributed by atoms with van der Waals surface area (Å²) in [7, 11) is 0. The zero-order chi connectivity index (χ0) is 17.8. The third-order valence-electron chi connectivity index (χ3n) is 3.15. The topological polar surface area (TPSA) is 116 Å². The number of hydrogen-bond donors (Lipinski definition) is 6. The summed E-state index contributed by atoms with van der Waals surface area (Å²) >= 11 is 8.53. The van der Waals surface area contributed by atoms with Gasteiger partial charge in [0.15, 0.2) is 0 Å². The van der Waals surface area contributed by atoms with E-state index in [1.54, 1.807) is 0 Å². The molecule has 1 radical (unpaired) electrons. The number of thiol groups is 2. The summed E-state index contributed by atoms with van der Waals surface area (Å²) in [6, 6.07) is -1.16. The number of nitrogens with one attached hydrogen (secondary N) is 2. The van der Waals surface area contributed by atoms with Gasteiger partial charge in [0.25, 0.3) is 0 Å². The monoisotopic (exact) mass is 389 g/mol. The summed E-state index contributed by atoms with van der Waals surface area (Å²) < 4.78 is 0. The van der Waals surface area contributed by atoms with E-state index in [1.165, 1.54) is 6.92 Å². The fourth-order valence-electron chi connectivity index (χ4n) is 1.88. The van der Waals surface area contributed by atoms with Gasteiger partial charge in [-0.25, -0.2) is 0 Å². The quantitative estimate of drug-likeness (QED) is 0.158. The van der Waals surface area contributed by atoms with Gasteiger partial charge >= 0.3 is 5.97 Å². The molecule has 0 saturated carbocycles. The van der Waals surface area contributed by atoms with Crippen molar-refractivity contribution in [1.29, 1.82) is 0 Å². The van der Waals surface area contributed by atoms with E-state index in [1.807, 2.05) is 0 Å². The van der Waals surface area contributed by atoms with Crippen LogP contribution < -0.4 is 10.6 Å². The number of carboxylic acid groups (broad SMARTS) is 1. The van der Waals surface area contributed by atoms with E-state index in [2.05, 4.69) is 35.9 Å². The zero-order valence-corrected chi connectivity index (χ0v) is 18.0. The summed E-state index contributed by atoms with van der Waals surface area (Å²) in [6.45, 7) is 0.792. The molecule has 10 heteroatoms. The number of unbranched alkanes of at least 4 members (excludes halogenated alkanes) is 1. The van der Waals surface area contributed by atoms with Gasteiger partial charge in [-0.15, -0.1) is 0 Å². The number of aliphatic hydroxyl groups is 1. The van der Waals surface area contributed by atoms with Crippen molar-refractivity contribution >= 4 is 72.6 Å². The smallest absolute Gasteiger partial charge is 0.322 e. The van der Waals surface area contributed by atoms with Crippen LogP contribution in [0.1, 0.15) is 39.0 Å². The van der Waals surface area contributed by atoms with E-state index in [-0.39, 0.29) is 47.1 Å². The Morgan fingerprint density at radius 1 is 1.17 bits per heavy atom. The second kappa shape index (κ2) is 15.3. The minimum Gasteiger partial charge on any atom is -0.480 e. The molecule has 24 heavy (non-hydrogen) atoms. The molecule has 0 spiro atoms. The Labute approximate surface area is 175 Å². The van der Waals surface area contributed by atoms with E-state index in [0.29, 0.717) is 6.42 Å². The Bertz CT molecular complexity index is 399. The molecule has 0 aromatic rings. The summed E-state index contributed by atoms with van der Waals surface area (Å²) in [4.78, 5) is 34.0. The molecule has 0 aliphatic carbocycles. The fraction of sp³-hybridized carbons (Fsp3) is 0.786. The van der Waals surface area contributed by atoms with Crippen molar-refractivity contribution in [2.24, 2.45) is 0 Å². The van der Waals surface area contributed by atoms with E-state index < -0.39 is 30.6 Å². The Kier molecular flexibility index (Phi) is 16.8. The van der Waals surface area contributed by atoms with Crippen LogP contribution in [0.25, 0.3) is 0 Å². The van der Waals surface area contributed by atoms with E-state index in [9.17, 15) is 19.5 Å². The van der Waals surface area contributed by atoms with Crippen molar-refractivity contribution in [1.82, 2.24) is 10.6 Å². The Hall–Kier alpha value is 0.0700. The van der Waals surface area contributed by atoms with Crippen molar-refractivity contribution < 1.29 is 24.6 Å². The maximum absolute atomic E-state index is 11.8. The third kappa shape index (κ3) is 13.4. The summed E-state index contributed by atoms with van der Waals surface area (Å²) in [5.41, 5.74) is 0. The SMILES string of the molecule is C[C@@H](O)[C@H](NC(=O)CCCCC(S)CCS)C(=O)NCC(=O)O.[Na]. The molecule has 0 heterocycles. The normalized spacial score (nSPS) is 14.0. The van der Waals surface area contributed by atoms with Crippen LogP contribution in [0, 0.1) is 0 Å². The first-order chi connectivity index (χ1) is 10.8. The number of aliphatic carboxylic acids is 1. The Morgan fingerprint density at radius 3 is 2.29 bits per heavy atom. The molecule has 2 amide bonds. The molecule has 1 unspecified atom stereocenters. The molecule has 0 fully saturated rings. The molecule has 3 atom stereocenters. The van der Waals surface area contributed by atoms with Crippen LogP contribution in [-0.4, -0.2) is 87.2 Å². The number of hydrogen-bond acceptors (Lipinski definition) is 6. The van der Waals surface area contributed by atoms with Gasteiger partial charge in [-0.2, -0.15) is 25.3 Å². The maximum Gasteiger partial charge on any atom is 0.322 e. The van der Waals surface area contributed by atoms with Crippen molar-refractivity contribution in [2.45, 2.75) is 56.4 Å². The molecule has 0 saturated heterocycles. The summed E-state index contributed by atoms with van der Waals surface area (Å²) in [6.07, 6.45) is 2.39. The van der Waals surface area contributed by atoms with Crippen LogP contribution in [0.2, 0.25) is 0 Å². The minimum atomic E-state index is -1.20. The zero-order valence-electron chi connectivity index (χ0n) is 14.2. The second-order valence-corrected chi connectivity index (χ2v) is 6.49. The largest absolute Gasteiger partial charge is 0.480 e. The van der Waals surface area contributed by atoms with Crippen molar-refractivity contribution in [3.8, 4) is 0 Å². The van der Waals surface area contributed by atoms with Gasteiger partial charge in [-0.05, 0) is 31.9 Å². The molecule has 0 rings (SSSR count). The van der Waals surface area contributed by atoms with Crippen LogP contribution in [0.4, 0.5) is 0 Å². The number of carbonyl (C=O) groups excluding carboxylic acids is 2. The van der Waals surface area contributed by atoms with Crippen molar-refractivity contribution in [3.05, 3.63) is 0 Å². The Morgan fingerprint density at radius 2 is 1.79 bits per heavy atom. The van der Waals surface area contributed by atoms with E-state index in [4.69, 9.17) is 5.11 Å². The first-order valence-electron chi connectivity index (χ1n) is 7.53. The average molecular weight is 389 g/mol. The number of aliphatic hydroxyl groups excluding tert-OH is 1. The number of amides is 2. The van der Waals surface area contributed by atoms with Gasteiger partial charge in [-0.3, -0.25) is 14.4 Å². The van der Waals surface area contributed by atoms with Gasteiger partial charge in [0, 0.05) is 41.2 Å². The van der Waals surface area contributed by atoms with Crippen LogP contribution in [0.15, 0.2) is 0 Å². The predicted molar refractivity (Wildman–Crippen MR) is 99.7 cm³/mol. The van der Waals surface area contributed by atoms with Crippen LogP contribution in [0.5, 0.6) is 0 Å². The standard InChI is InChI=1S/C14H26N2O5S2.Na/c1-9(17)13(14(21)15-8-12(19)20)16-11(18)5-3-2-4-10(23)6-7-22;/h9-10,13,17,22-23H,2-8H2,1H3,(H,15,21)(H,16,18)(H,19,20);/t9-,10?,13+;/m1./s1. The molecule has 0 aliphatic rings. The van der Waals surface area contributed by atoms with Crippen LogP contribution >= 0.6 is 25.3 Å². The van der Waals surface area contributed by atoms with Gasteiger partial charge in [0.2, 0.25) is 11.8 Å². The molecule has 135 valence electrons. The van der Waals surface area contributed by atoms with Crippen molar-refractivity contribution in [3.63, 3.8) is 0 Å².